The Kier molecular flexibility index (Phi) is 5.83. The summed E-state index contributed by atoms with van der Waals surface area (Å²) in [6.45, 7) is 1.49. The number of carbonyl (C=O) groups is 1. The van der Waals surface area contributed by atoms with Gasteiger partial charge < -0.3 is 5.32 Å². The first-order valence-electron chi connectivity index (χ1n) is 7.14. The maximum atomic E-state index is 13.0. The number of nitrogens with one attached hydrogen (secondary N) is 2. The minimum absolute atomic E-state index is 0.259. The molecule has 24 heavy (non-hydrogen) atoms. The van der Waals surface area contributed by atoms with Crippen LogP contribution >= 0.6 is 0 Å². The van der Waals surface area contributed by atoms with Crippen molar-refractivity contribution in [2.24, 2.45) is 0 Å². The van der Waals surface area contributed by atoms with E-state index in [1.165, 1.54) is 24.3 Å². The summed E-state index contributed by atoms with van der Waals surface area (Å²) in [5.41, 5.74) is 2.06. The highest BCUT2D eigenvalue weighted by molar-refractivity contribution is 7.92. The Hall–Kier alpha value is -2.51. The number of benzene rings is 2. The van der Waals surface area contributed by atoms with Gasteiger partial charge in [-0.2, -0.15) is 0 Å². The van der Waals surface area contributed by atoms with E-state index in [0.717, 1.165) is 22.6 Å². The molecule has 0 radical (unpaired) electrons. The van der Waals surface area contributed by atoms with Gasteiger partial charge >= 0.3 is 0 Å². The van der Waals surface area contributed by atoms with E-state index in [1.807, 2.05) is 19.1 Å². The van der Waals surface area contributed by atoms with E-state index >= 15 is 0 Å². The lowest BCUT2D eigenvalue weighted by molar-refractivity contribution is -0.115. The molecule has 0 atom stereocenters. The van der Waals surface area contributed by atoms with Crippen molar-refractivity contribution in [2.75, 3.05) is 11.9 Å². The lowest BCUT2D eigenvalue weighted by atomic mass is 10.2. The second-order valence-electron chi connectivity index (χ2n) is 5.14. The molecule has 0 aliphatic rings. The summed E-state index contributed by atoms with van der Waals surface area (Å²) in [5.74, 6) is -1.08. The van der Waals surface area contributed by atoms with Crippen LogP contribution in [0.25, 0.3) is 6.08 Å². The molecule has 2 rings (SSSR count). The second kappa shape index (κ2) is 7.85. The molecule has 0 aliphatic carbocycles. The molecule has 1 amide bonds. The summed E-state index contributed by atoms with van der Waals surface area (Å²) < 4.78 is 38.8. The minimum atomic E-state index is -3.75. The normalized spacial score (nSPS) is 11.6. The van der Waals surface area contributed by atoms with Gasteiger partial charge in [0, 0.05) is 11.1 Å². The molecule has 5 nitrogen and oxygen atoms in total. The number of rotatable bonds is 6. The molecule has 0 fully saturated rings. The molecule has 0 aromatic heterocycles. The summed E-state index contributed by atoms with van der Waals surface area (Å²) in [7, 11) is -3.75. The SMILES string of the molecule is Cc1ccc(C=CS(=O)(=O)NCC(=O)Nc2cccc(F)c2)cc1. The predicted octanol–water partition coefficient (Wildman–Crippen LogP) is 2.66. The lowest BCUT2D eigenvalue weighted by Gasteiger charge is -2.06. The van der Waals surface area contributed by atoms with Crippen molar-refractivity contribution in [3.8, 4) is 0 Å². The van der Waals surface area contributed by atoms with E-state index in [-0.39, 0.29) is 5.69 Å². The van der Waals surface area contributed by atoms with Crippen molar-refractivity contribution in [3.63, 3.8) is 0 Å². The second-order valence-corrected chi connectivity index (χ2v) is 6.79. The molecule has 7 heteroatoms. The summed E-state index contributed by atoms with van der Waals surface area (Å²) in [5, 5.41) is 3.40. The molecular formula is C17H17FN2O3S. The van der Waals surface area contributed by atoms with Gasteiger partial charge in [-0.25, -0.2) is 17.5 Å². The first-order valence-corrected chi connectivity index (χ1v) is 8.68. The maximum absolute atomic E-state index is 13.0. The van der Waals surface area contributed by atoms with Gasteiger partial charge in [-0.15, -0.1) is 0 Å². The Morgan fingerprint density at radius 2 is 1.88 bits per heavy atom. The molecule has 0 saturated carbocycles. The van der Waals surface area contributed by atoms with Crippen molar-refractivity contribution in [2.45, 2.75) is 6.92 Å². The topological polar surface area (TPSA) is 75.3 Å². The van der Waals surface area contributed by atoms with E-state index in [9.17, 15) is 17.6 Å². The van der Waals surface area contributed by atoms with Crippen LogP contribution in [0.5, 0.6) is 0 Å². The van der Waals surface area contributed by atoms with Crippen LogP contribution in [0, 0.1) is 12.7 Å². The first-order chi connectivity index (χ1) is 11.3. The molecule has 0 bridgehead atoms. The zero-order chi connectivity index (χ0) is 17.6. The van der Waals surface area contributed by atoms with Crippen LogP contribution in [0.4, 0.5) is 10.1 Å². The Balaban J connectivity index is 1.89. The predicted molar refractivity (Wildman–Crippen MR) is 92.2 cm³/mol. The number of carbonyl (C=O) groups excluding carboxylic acids is 1. The average molecular weight is 348 g/mol. The van der Waals surface area contributed by atoms with Gasteiger partial charge in [0.25, 0.3) is 0 Å². The van der Waals surface area contributed by atoms with Crippen molar-refractivity contribution in [1.82, 2.24) is 4.72 Å². The van der Waals surface area contributed by atoms with Crippen LogP contribution < -0.4 is 10.0 Å². The smallest absolute Gasteiger partial charge is 0.239 e. The number of amides is 1. The van der Waals surface area contributed by atoms with Gasteiger partial charge in [0.05, 0.1) is 6.54 Å². The van der Waals surface area contributed by atoms with Crippen LogP contribution in [-0.4, -0.2) is 20.9 Å². The Morgan fingerprint density at radius 1 is 1.17 bits per heavy atom. The molecule has 2 aromatic carbocycles. The Morgan fingerprint density at radius 3 is 2.54 bits per heavy atom. The highest BCUT2D eigenvalue weighted by atomic mass is 32.2. The van der Waals surface area contributed by atoms with Crippen molar-refractivity contribution in [3.05, 3.63) is 70.9 Å². The van der Waals surface area contributed by atoms with Gasteiger partial charge in [-0.05, 0) is 36.8 Å². The van der Waals surface area contributed by atoms with Gasteiger partial charge in [-0.3, -0.25) is 4.79 Å². The van der Waals surface area contributed by atoms with Crippen LogP contribution in [0.3, 0.4) is 0 Å². The molecular weight excluding hydrogens is 331 g/mol. The molecule has 0 unspecified atom stereocenters. The third-order valence-electron chi connectivity index (χ3n) is 3.06. The van der Waals surface area contributed by atoms with Crippen molar-refractivity contribution >= 4 is 27.7 Å². The molecule has 2 aromatic rings. The van der Waals surface area contributed by atoms with Crippen LogP contribution in [0.2, 0.25) is 0 Å². The monoisotopic (exact) mass is 348 g/mol. The number of sulfonamides is 1. The fourth-order valence-electron chi connectivity index (χ4n) is 1.83. The summed E-state index contributed by atoms with van der Waals surface area (Å²) in [6, 6.07) is 12.7. The fourth-order valence-corrected chi connectivity index (χ4v) is 2.60. The fraction of sp³-hybridized carbons (Fsp3) is 0.118. The van der Waals surface area contributed by atoms with Gasteiger partial charge in [0.1, 0.15) is 5.82 Å². The molecule has 2 N–H and O–H groups in total. The zero-order valence-corrected chi connectivity index (χ0v) is 13.8. The standard InChI is InChI=1S/C17H17FN2O3S/c1-13-5-7-14(8-6-13)9-10-24(22,23)19-12-17(21)20-16-4-2-3-15(18)11-16/h2-11,19H,12H2,1H3,(H,20,21). The largest absolute Gasteiger partial charge is 0.325 e. The van der Waals surface area contributed by atoms with E-state index in [2.05, 4.69) is 10.0 Å². The maximum Gasteiger partial charge on any atom is 0.239 e. The summed E-state index contributed by atoms with van der Waals surface area (Å²) in [6.07, 6.45) is 1.44. The quantitative estimate of drug-likeness (QED) is 0.843. The summed E-state index contributed by atoms with van der Waals surface area (Å²) >= 11 is 0. The highest BCUT2D eigenvalue weighted by Gasteiger charge is 2.09. The van der Waals surface area contributed by atoms with Crippen LogP contribution in [0.15, 0.2) is 53.9 Å². The number of hydrogen-bond acceptors (Lipinski definition) is 3. The zero-order valence-electron chi connectivity index (χ0n) is 13.0. The molecule has 0 saturated heterocycles. The molecule has 0 spiro atoms. The lowest BCUT2D eigenvalue weighted by Crippen LogP contribution is -2.31. The van der Waals surface area contributed by atoms with Gasteiger partial charge in [-0.1, -0.05) is 35.9 Å². The average Bonchev–Trinajstić information content (AvgIpc) is 2.53. The third kappa shape index (κ3) is 5.94. The van der Waals surface area contributed by atoms with Gasteiger partial charge in [0.2, 0.25) is 15.9 Å². The van der Waals surface area contributed by atoms with Crippen LogP contribution in [0.1, 0.15) is 11.1 Å². The molecule has 0 aliphatic heterocycles. The van der Waals surface area contributed by atoms with Crippen LogP contribution in [-0.2, 0) is 14.8 Å². The Bertz CT molecular complexity index is 846. The first kappa shape index (κ1) is 17.8. The molecule has 0 heterocycles. The third-order valence-corrected chi connectivity index (χ3v) is 4.10. The van der Waals surface area contributed by atoms with Gasteiger partial charge in [0.15, 0.2) is 0 Å². The number of halogens is 1. The minimum Gasteiger partial charge on any atom is -0.325 e. The van der Waals surface area contributed by atoms with Crippen molar-refractivity contribution < 1.29 is 17.6 Å². The number of anilines is 1. The highest BCUT2D eigenvalue weighted by Crippen LogP contribution is 2.09. The summed E-state index contributed by atoms with van der Waals surface area (Å²) in [4.78, 5) is 11.7. The van der Waals surface area contributed by atoms with Crippen molar-refractivity contribution in [1.29, 1.82) is 0 Å². The molecule has 126 valence electrons. The number of aryl methyl sites for hydroxylation is 1. The van der Waals surface area contributed by atoms with E-state index in [0.29, 0.717) is 0 Å². The van der Waals surface area contributed by atoms with E-state index < -0.39 is 28.3 Å². The van der Waals surface area contributed by atoms with E-state index in [1.54, 1.807) is 12.1 Å². The number of hydrogen-bond donors (Lipinski definition) is 2. The Labute approximate surface area is 140 Å². The van der Waals surface area contributed by atoms with E-state index in [4.69, 9.17) is 0 Å².